The molecule has 9 heteroatoms. The van der Waals surface area contributed by atoms with Gasteiger partial charge in [-0.2, -0.15) is 9.40 Å². The Morgan fingerprint density at radius 3 is 3.00 bits per heavy atom. The van der Waals surface area contributed by atoms with E-state index in [0.717, 1.165) is 5.82 Å². The van der Waals surface area contributed by atoms with Crippen LogP contribution in [0.15, 0.2) is 29.7 Å². The Balaban J connectivity index is 1.85. The third-order valence-corrected chi connectivity index (χ3v) is 5.11. The second-order valence-corrected chi connectivity index (χ2v) is 6.54. The fraction of sp³-hybridized carbons (Fsp3) is 0.455. The molecule has 2 N–H and O–H groups in total. The van der Waals surface area contributed by atoms with Crippen LogP contribution in [0.3, 0.4) is 0 Å². The molecule has 108 valence electrons. The van der Waals surface area contributed by atoms with Gasteiger partial charge in [0.1, 0.15) is 10.7 Å². The van der Waals surface area contributed by atoms with Crippen LogP contribution in [0.25, 0.3) is 0 Å². The number of imidazole rings is 1. The van der Waals surface area contributed by atoms with Crippen molar-refractivity contribution in [2.24, 2.45) is 5.73 Å². The molecule has 0 unspecified atom stereocenters. The zero-order valence-corrected chi connectivity index (χ0v) is 11.7. The van der Waals surface area contributed by atoms with Gasteiger partial charge in [0, 0.05) is 38.2 Å². The van der Waals surface area contributed by atoms with Gasteiger partial charge < -0.3 is 10.3 Å². The molecule has 0 atom stereocenters. The second kappa shape index (κ2) is 5.00. The van der Waals surface area contributed by atoms with Crippen molar-refractivity contribution < 1.29 is 8.42 Å². The number of aromatic nitrogens is 4. The van der Waals surface area contributed by atoms with Gasteiger partial charge in [0.05, 0.1) is 19.3 Å². The number of fused-ring (bicyclic) bond motifs is 1. The Morgan fingerprint density at radius 1 is 1.35 bits per heavy atom. The predicted octanol–water partition coefficient (Wildman–Crippen LogP) is -0.757. The van der Waals surface area contributed by atoms with Gasteiger partial charge in [0.15, 0.2) is 0 Å². The number of rotatable bonds is 4. The molecule has 3 heterocycles. The second-order valence-electron chi connectivity index (χ2n) is 4.60. The molecule has 1 aliphatic heterocycles. The number of hydrogen-bond donors (Lipinski definition) is 1. The van der Waals surface area contributed by atoms with E-state index in [1.807, 2.05) is 10.8 Å². The third kappa shape index (κ3) is 2.23. The van der Waals surface area contributed by atoms with Crippen LogP contribution in [0.4, 0.5) is 0 Å². The lowest BCUT2D eigenvalue weighted by Gasteiger charge is -2.26. The number of hydrogen-bond acceptors (Lipinski definition) is 5. The molecule has 3 rings (SSSR count). The van der Waals surface area contributed by atoms with Crippen molar-refractivity contribution in [1.82, 2.24) is 23.6 Å². The van der Waals surface area contributed by atoms with Crippen molar-refractivity contribution in [2.45, 2.75) is 24.5 Å². The molecule has 2 aromatic heterocycles. The molecule has 0 aliphatic carbocycles. The molecular weight excluding hydrogens is 280 g/mol. The summed E-state index contributed by atoms with van der Waals surface area (Å²) in [5.74, 6) is 0.758. The van der Waals surface area contributed by atoms with Gasteiger partial charge in [-0.1, -0.05) is 0 Å². The Hall–Kier alpha value is -1.71. The highest BCUT2D eigenvalue weighted by molar-refractivity contribution is 7.89. The standard InChI is InChI=1S/C11H16N6O2S/c12-1-3-16-8-10(7-14-16)20(18,19)17-6-5-15-4-2-13-11(15)9-17/h2,4,7-8H,1,3,5-6,9,12H2. The smallest absolute Gasteiger partial charge is 0.246 e. The molecule has 0 aromatic carbocycles. The molecule has 0 fully saturated rings. The highest BCUT2D eigenvalue weighted by Crippen LogP contribution is 2.20. The number of nitrogens with two attached hydrogens (primary N) is 1. The molecule has 0 amide bonds. The first kappa shape index (κ1) is 13.3. The fourth-order valence-electron chi connectivity index (χ4n) is 2.24. The Labute approximate surface area is 116 Å². The van der Waals surface area contributed by atoms with Crippen LogP contribution in [-0.4, -0.2) is 45.1 Å². The molecule has 0 saturated heterocycles. The Kier molecular flexibility index (Phi) is 3.32. The number of nitrogens with zero attached hydrogens (tertiary/aromatic N) is 5. The van der Waals surface area contributed by atoms with Crippen LogP contribution >= 0.6 is 0 Å². The Bertz CT molecular complexity index is 704. The van der Waals surface area contributed by atoms with Crippen molar-refractivity contribution in [1.29, 1.82) is 0 Å². The topological polar surface area (TPSA) is 99.0 Å². The highest BCUT2D eigenvalue weighted by atomic mass is 32.2. The van der Waals surface area contributed by atoms with E-state index in [-0.39, 0.29) is 11.4 Å². The predicted molar refractivity (Wildman–Crippen MR) is 71.1 cm³/mol. The van der Waals surface area contributed by atoms with Crippen LogP contribution in [0.2, 0.25) is 0 Å². The molecule has 2 aromatic rings. The SMILES string of the molecule is NCCn1cc(S(=O)(=O)N2CCn3ccnc3C2)cn1. The molecular formula is C11H16N6O2S. The monoisotopic (exact) mass is 296 g/mol. The van der Waals surface area contributed by atoms with Crippen LogP contribution in [0.1, 0.15) is 5.82 Å². The van der Waals surface area contributed by atoms with Crippen molar-refractivity contribution in [3.63, 3.8) is 0 Å². The average molecular weight is 296 g/mol. The van der Waals surface area contributed by atoms with Crippen molar-refractivity contribution in [3.8, 4) is 0 Å². The summed E-state index contributed by atoms with van der Waals surface area (Å²) in [4.78, 5) is 4.37. The molecule has 1 aliphatic rings. The van der Waals surface area contributed by atoms with E-state index < -0.39 is 10.0 Å². The fourth-order valence-corrected chi connectivity index (χ4v) is 3.58. The molecule has 0 radical (unpaired) electrons. The van der Waals surface area contributed by atoms with Gasteiger partial charge in [-0.05, 0) is 0 Å². The van der Waals surface area contributed by atoms with Gasteiger partial charge in [0.25, 0.3) is 0 Å². The normalized spacial score (nSPS) is 16.2. The summed E-state index contributed by atoms with van der Waals surface area (Å²) in [6, 6.07) is 0. The summed E-state index contributed by atoms with van der Waals surface area (Å²) in [5, 5.41) is 4.01. The summed E-state index contributed by atoms with van der Waals surface area (Å²) >= 11 is 0. The van der Waals surface area contributed by atoms with E-state index in [9.17, 15) is 8.42 Å². The maximum atomic E-state index is 12.5. The maximum Gasteiger partial charge on any atom is 0.246 e. The minimum Gasteiger partial charge on any atom is -0.333 e. The first-order valence-corrected chi connectivity index (χ1v) is 7.78. The third-order valence-electron chi connectivity index (χ3n) is 3.32. The van der Waals surface area contributed by atoms with Gasteiger partial charge in [-0.25, -0.2) is 13.4 Å². The largest absolute Gasteiger partial charge is 0.333 e. The van der Waals surface area contributed by atoms with Crippen LogP contribution in [0.5, 0.6) is 0 Å². The van der Waals surface area contributed by atoms with Crippen molar-refractivity contribution >= 4 is 10.0 Å². The number of sulfonamides is 1. The minimum absolute atomic E-state index is 0.200. The summed E-state index contributed by atoms with van der Waals surface area (Å²) in [6.07, 6.45) is 6.43. The van der Waals surface area contributed by atoms with Crippen molar-refractivity contribution in [2.75, 3.05) is 13.1 Å². The minimum atomic E-state index is -3.52. The zero-order valence-electron chi connectivity index (χ0n) is 10.9. The van der Waals surface area contributed by atoms with E-state index in [0.29, 0.717) is 26.2 Å². The van der Waals surface area contributed by atoms with Gasteiger partial charge >= 0.3 is 0 Å². The quantitative estimate of drug-likeness (QED) is 0.800. The van der Waals surface area contributed by atoms with Crippen LogP contribution < -0.4 is 5.73 Å². The summed E-state index contributed by atoms with van der Waals surface area (Å²) in [7, 11) is -3.52. The highest BCUT2D eigenvalue weighted by Gasteiger charge is 2.29. The van der Waals surface area contributed by atoms with Crippen molar-refractivity contribution in [3.05, 3.63) is 30.6 Å². The van der Waals surface area contributed by atoms with E-state index in [1.54, 1.807) is 6.20 Å². The van der Waals surface area contributed by atoms with E-state index >= 15 is 0 Å². The molecule has 20 heavy (non-hydrogen) atoms. The van der Waals surface area contributed by atoms with E-state index in [2.05, 4.69) is 10.1 Å². The average Bonchev–Trinajstić information content (AvgIpc) is 3.06. The molecule has 0 bridgehead atoms. The zero-order chi connectivity index (χ0) is 14.2. The van der Waals surface area contributed by atoms with Gasteiger partial charge in [0.2, 0.25) is 10.0 Å². The summed E-state index contributed by atoms with van der Waals surface area (Å²) in [6.45, 7) is 2.26. The lowest BCUT2D eigenvalue weighted by molar-refractivity contribution is 0.335. The van der Waals surface area contributed by atoms with Crippen LogP contribution in [-0.2, 0) is 29.7 Å². The molecule has 0 spiro atoms. The summed E-state index contributed by atoms with van der Waals surface area (Å²) < 4.78 is 30.0. The lowest BCUT2D eigenvalue weighted by atomic mass is 10.4. The van der Waals surface area contributed by atoms with Crippen LogP contribution in [0, 0.1) is 0 Å². The summed E-state index contributed by atoms with van der Waals surface area (Å²) in [5.41, 5.74) is 5.43. The van der Waals surface area contributed by atoms with E-state index in [1.165, 1.54) is 21.4 Å². The van der Waals surface area contributed by atoms with Gasteiger partial charge in [-0.15, -0.1) is 0 Å². The Morgan fingerprint density at radius 2 is 2.20 bits per heavy atom. The molecule has 8 nitrogen and oxygen atoms in total. The van der Waals surface area contributed by atoms with Gasteiger partial charge in [-0.3, -0.25) is 4.68 Å². The first-order chi connectivity index (χ1) is 9.61. The van der Waals surface area contributed by atoms with E-state index in [4.69, 9.17) is 5.73 Å². The lowest BCUT2D eigenvalue weighted by Crippen LogP contribution is -2.38. The maximum absolute atomic E-state index is 12.5. The first-order valence-electron chi connectivity index (χ1n) is 6.34. The molecule has 0 saturated carbocycles.